The zero-order chi connectivity index (χ0) is 20.9. The van der Waals surface area contributed by atoms with E-state index >= 15 is 0 Å². The number of para-hydroxylation sites is 1. The second kappa shape index (κ2) is 9.09. The summed E-state index contributed by atoms with van der Waals surface area (Å²) >= 11 is 1.14. The number of thiazole rings is 1. The first-order valence-electron chi connectivity index (χ1n) is 8.91. The quantitative estimate of drug-likeness (QED) is 0.483. The van der Waals surface area contributed by atoms with Crippen LogP contribution < -0.4 is 4.74 Å². The van der Waals surface area contributed by atoms with Crippen LogP contribution in [0.1, 0.15) is 22.5 Å². The molecular weight excluding hydrogens is 401 g/mol. The van der Waals surface area contributed by atoms with Crippen LogP contribution in [-0.2, 0) is 6.18 Å². The molecule has 0 saturated heterocycles. The van der Waals surface area contributed by atoms with Crippen LogP contribution in [0.5, 0.6) is 5.75 Å². The van der Waals surface area contributed by atoms with Gasteiger partial charge in [0.25, 0.3) is 5.91 Å². The Hall–Kier alpha value is -2.87. The molecule has 0 spiro atoms. The number of carbonyl (C=O) groups is 1. The first-order valence-corrected chi connectivity index (χ1v) is 9.79. The average Bonchev–Trinajstić information content (AvgIpc) is 3.21. The normalized spacial score (nSPS) is 11.3. The number of amides is 1. The summed E-state index contributed by atoms with van der Waals surface area (Å²) in [4.78, 5) is 18.3. The van der Waals surface area contributed by atoms with Crippen molar-refractivity contribution in [1.82, 2.24) is 9.88 Å². The van der Waals surface area contributed by atoms with Gasteiger partial charge in [-0.3, -0.25) is 4.79 Å². The Bertz CT molecular complexity index is 958. The fourth-order valence-corrected chi connectivity index (χ4v) is 3.43. The Morgan fingerprint density at radius 2 is 1.90 bits per heavy atom. The predicted octanol–water partition coefficient (Wildman–Crippen LogP) is 5.37. The minimum Gasteiger partial charge on any atom is -0.494 e. The van der Waals surface area contributed by atoms with Crippen molar-refractivity contribution >= 4 is 17.2 Å². The Morgan fingerprint density at radius 3 is 2.62 bits per heavy atom. The monoisotopic (exact) mass is 420 g/mol. The van der Waals surface area contributed by atoms with E-state index in [1.807, 2.05) is 30.3 Å². The largest absolute Gasteiger partial charge is 0.494 e. The molecule has 2 aromatic carbocycles. The van der Waals surface area contributed by atoms with Gasteiger partial charge in [-0.1, -0.05) is 30.3 Å². The molecule has 0 aliphatic carbocycles. The molecule has 0 N–H and O–H groups in total. The summed E-state index contributed by atoms with van der Waals surface area (Å²) in [5, 5.41) is 1.94. The number of benzene rings is 2. The van der Waals surface area contributed by atoms with Gasteiger partial charge in [0.2, 0.25) is 0 Å². The minimum absolute atomic E-state index is 0.217. The number of hydrogen-bond acceptors (Lipinski definition) is 4. The number of ether oxygens (including phenoxy) is 1. The third kappa shape index (κ3) is 5.57. The molecule has 0 aliphatic heterocycles. The van der Waals surface area contributed by atoms with Gasteiger partial charge in [-0.15, -0.1) is 11.3 Å². The smallest absolute Gasteiger partial charge is 0.416 e. The summed E-state index contributed by atoms with van der Waals surface area (Å²) in [6.07, 6.45) is -3.78. The standard InChI is InChI=1S/C21H19F3N2O2S/c1-26(11-6-12-28-17-9-3-2-4-10-17)20(27)18-14-29-19(25-18)15-7-5-8-16(13-15)21(22,23)24/h2-5,7-10,13-14H,6,11-12H2,1H3. The molecule has 0 unspecified atom stereocenters. The second-order valence-corrected chi connectivity index (χ2v) is 7.22. The van der Waals surface area contributed by atoms with Gasteiger partial charge in [0, 0.05) is 24.5 Å². The maximum atomic E-state index is 12.9. The van der Waals surface area contributed by atoms with Gasteiger partial charge in [0.05, 0.1) is 12.2 Å². The fraction of sp³-hybridized carbons (Fsp3) is 0.238. The number of hydrogen-bond donors (Lipinski definition) is 0. The fourth-order valence-electron chi connectivity index (χ4n) is 2.64. The third-order valence-electron chi connectivity index (χ3n) is 4.16. The highest BCUT2D eigenvalue weighted by molar-refractivity contribution is 7.13. The van der Waals surface area contributed by atoms with E-state index in [9.17, 15) is 18.0 Å². The molecule has 1 aromatic heterocycles. The number of carbonyl (C=O) groups excluding carboxylic acids is 1. The zero-order valence-corrected chi connectivity index (χ0v) is 16.5. The van der Waals surface area contributed by atoms with Crippen molar-refractivity contribution in [3.05, 3.63) is 71.2 Å². The molecule has 3 aromatic rings. The predicted molar refractivity (Wildman–Crippen MR) is 106 cm³/mol. The molecule has 0 saturated carbocycles. The summed E-state index contributed by atoms with van der Waals surface area (Å²) in [6.45, 7) is 0.941. The lowest BCUT2D eigenvalue weighted by atomic mass is 10.1. The van der Waals surface area contributed by atoms with Gasteiger partial charge >= 0.3 is 6.18 Å². The van der Waals surface area contributed by atoms with Crippen LogP contribution in [0.4, 0.5) is 13.2 Å². The molecule has 0 atom stereocenters. The van der Waals surface area contributed by atoms with E-state index in [2.05, 4.69) is 4.98 Å². The summed E-state index contributed by atoms with van der Waals surface area (Å²) in [7, 11) is 1.66. The van der Waals surface area contributed by atoms with Crippen molar-refractivity contribution in [3.63, 3.8) is 0 Å². The highest BCUT2D eigenvalue weighted by Crippen LogP contribution is 2.33. The Labute approximate surface area is 170 Å². The van der Waals surface area contributed by atoms with Gasteiger partial charge in [-0.25, -0.2) is 4.98 Å². The van der Waals surface area contributed by atoms with Crippen molar-refractivity contribution in [2.45, 2.75) is 12.6 Å². The van der Waals surface area contributed by atoms with E-state index < -0.39 is 11.7 Å². The maximum Gasteiger partial charge on any atom is 0.416 e. The molecule has 3 rings (SSSR count). The number of halogens is 3. The van der Waals surface area contributed by atoms with Crippen LogP contribution in [0.3, 0.4) is 0 Å². The summed E-state index contributed by atoms with van der Waals surface area (Å²) in [5.41, 5.74) is -0.190. The van der Waals surface area contributed by atoms with Crippen molar-refractivity contribution in [2.24, 2.45) is 0 Å². The van der Waals surface area contributed by atoms with Gasteiger partial charge < -0.3 is 9.64 Å². The van der Waals surface area contributed by atoms with Gasteiger partial charge in [0.1, 0.15) is 16.5 Å². The molecule has 0 bridgehead atoms. The molecule has 1 heterocycles. The molecule has 0 aliphatic rings. The molecule has 1 amide bonds. The van der Waals surface area contributed by atoms with Crippen molar-refractivity contribution in [2.75, 3.05) is 20.2 Å². The van der Waals surface area contributed by atoms with Crippen LogP contribution in [0.15, 0.2) is 60.0 Å². The topological polar surface area (TPSA) is 42.4 Å². The molecule has 0 radical (unpaired) electrons. The first-order chi connectivity index (χ1) is 13.8. The molecular formula is C21H19F3N2O2S. The number of alkyl halides is 3. The molecule has 29 heavy (non-hydrogen) atoms. The van der Waals surface area contributed by atoms with Crippen LogP contribution in [0.2, 0.25) is 0 Å². The molecule has 0 fully saturated rings. The summed E-state index contributed by atoms with van der Waals surface area (Å²) in [5.74, 6) is 0.492. The van der Waals surface area contributed by atoms with Crippen LogP contribution >= 0.6 is 11.3 Å². The lowest BCUT2D eigenvalue weighted by molar-refractivity contribution is -0.137. The number of nitrogens with zero attached hydrogens (tertiary/aromatic N) is 2. The summed E-state index contributed by atoms with van der Waals surface area (Å²) in [6, 6.07) is 14.3. The van der Waals surface area contributed by atoms with E-state index in [4.69, 9.17) is 4.74 Å². The van der Waals surface area contributed by atoms with Crippen LogP contribution in [0, 0.1) is 0 Å². The Kier molecular flexibility index (Phi) is 6.53. The molecule has 8 heteroatoms. The minimum atomic E-state index is -4.42. The lowest BCUT2D eigenvalue weighted by Crippen LogP contribution is -2.28. The van der Waals surface area contributed by atoms with E-state index in [1.165, 1.54) is 11.0 Å². The Balaban J connectivity index is 1.57. The zero-order valence-electron chi connectivity index (χ0n) is 15.6. The van der Waals surface area contributed by atoms with E-state index in [-0.39, 0.29) is 11.6 Å². The number of rotatable bonds is 7. The van der Waals surface area contributed by atoms with Crippen molar-refractivity contribution in [3.8, 4) is 16.3 Å². The lowest BCUT2D eigenvalue weighted by Gasteiger charge is -2.16. The Morgan fingerprint density at radius 1 is 1.14 bits per heavy atom. The highest BCUT2D eigenvalue weighted by atomic mass is 32.1. The van der Waals surface area contributed by atoms with Crippen LogP contribution in [-0.4, -0.2) is 36.0 Å². The second-order valence-electron chi connectivity index (χ2n) is 6.36. The summed E-state index contributed by atoms with van der Waals surface area (Å²) < 4.78 is 44.3. The van der Waals surface area contributed by atoms with E-state index in [0.29, 0.717) is 30.1 Å². The van der Waals surface area contributed by atoms with Crippen LogP contribution in [0.25, 0.3) is 10.6 Å². The van der Waals surface area contributed by atoms with Gasteiger partial charge in [0.15, 0.2) is 0 Å². The van der Waals surface area contributed by atoms with Gasteiger partial charge in [-0.2, -0.15) is 13.2 Å². The SMILES string of the molecule is CN(CCCOc1ccccc1)C(=O)c1csc(-c2cccc(C(F)(F)F)c2)n1. The molecule has 4 nitrogen and oxygen atoms in total. The van der Waals surface area contributed by atoms with E-state index in [1.54, 1.807) is 18.5 Å². The van der Waals surface area contributed by atoms with Crippen molar-refractivity contribution in [1.29, 1.82) is 0 Å². The third-order valence-corrected chi connectivity index (χ3v) is 5.05. The maximum absolute atomic E-state index is 12.9. The highest BCUT2D eigenvalue weighted by Gasteiger charge is 2.30. The van der Waals surface area contributed by atoms with Gasteiger partial charge in [-0.05, 0) is 30.7 Å². The average molecular weight is 420 g/mol. The molecule has 152 valence electrons. The number of aromatic nitrogens is 1. The van der Waals surface area contributed by atoms with Crippen molar-refractivity contribution < 1.29 is 22.7 Å². The van der Waals surface area contributed by atoms with E-state index in [0.717, 1.165) is 29.2 Å². The first kappa shape index (κ1) is 20.9.